The average molecular weight is 249 g/mol. The van der Waals surface area contributed by atoms with Gasteiger partial charge in [-0.25, -0.2) is 13.1 Å². The zero-order chi connectivity index (χ0) is 12.2. The zero-order valence-electron chi connectivity index (χ0n) is 10.4. The molecule has 5 nitrogen and oxygen atoms in total. The first kappa shape index (κ1) is 13.9. The van der Waals surface area contributed by atoms with Gasteiger partial charge in [-0.05, 0) is 33.5 Å². The molecule has 1 heterocycles. The minimum atomic E-state index is -3.18. The highest BCUT2D eigenvalue weighted by atomic mass is 32.2. The number of likely N-dealkylation sites (N-methyl/N-ethyl adjacent to an activating group) is 1. The quantitative estimate of drug-likeness (QED) is 0.673. The summed E-state index contributed by atoms with van der Waals surface area (Å²) in [6, 6.07) is 0.0825. The van der Waals surface area contributed by atoms with Crippen LogP contribution in [0.4, 0.5) is 0 Å². The molecule has 96 valence electrons. The molecular formula is C10H23N3O2S. The van der Waals surface area contributed by atoms with Crippen molar-refractivity contribution in [2.75, 3.05) is 33.2 Å². The Labute approximate surface area is 98.6 Å². The molecule has 0 amide bonds. The SMILES string of the molecule is CCNCC(C)S(=O)(=O)NC1CCN(C)C1. The number of nitrogens with zero attached hydrogens (tertiary/aromatic N) is 1. The van der Waals surface area contributed by atoms with Crippen LogP contribution in [0.3, 0.4) is 0 Å². The molecule has 16 heavy (non-hydrogen) atoms. The summed E-state index contributed by atoms with van der Waals surface area (Å²) in [5.41, 5.74) is 0. The maximum Gasteiger partial charge on any atom is 0.215 e. The number of sulfonamides is 1. The minimum absolute atomic E-state index is 0.0825. The van der Waals surface area contributed by atoms with Gasteiger partial charge in [-0.2, -0.15) is 0 Å². The lowest BCUT2D eigenvalue weighted by atomic mass is 10.3. The maximum absolute atomic E-state index is 11.9. The van der Waals surface area contributed by atoms with Gasteiger partial charge in [-0.3, -0.25) is 0 Å². The molecule has 0 aromatic heterocycles. The highest BCUT2D eigenvalue weighted by Gasteiger charge is 2.27. The van der Waals surface area contributed by atoms with Gasteiger partial charge in [0.1, 0.15) is 0 Å². The Morgan fingerprint density at radius 3 is 2.69 bits per heavy atom. The largest absolute Gasteiger partial charge is 0.316 e. The van der Waals surface area contributed by atoms with E-state index in [2.05, 4.69) is 14.9 Å². The highest BCUT2D eigenvalue weighted by Crippen LogP contribution is 2.09. The normalized spacial score (nSPS) is 24.8. The number of rotatable bonds is 6. The van der Waals surface area contributed by atoms with Gasteiger partial charge in [0.05, 0.1) is 5.25 Å². The lowest BCUT2D eigenvalue weighted by Crippen LogP contribution is -2.44. The molecule has 2 unspecified atom stereocenters. The molecule has 1 fully saturated rings. The molecule has 0 radical (unpaired) electrons. The summed E-state index contributed by atoms with van der Waals surface area (Å²) in [7, 11) is -1.17. The fourth-order valence-electron chi connectivity index (χ4n) is 1.84. The van der Waals surface area contributed by atoms with E-state index in [1.807, 2.05) is 14.0 Å². The van der Waals surface area contributed by atoms with Crippen LogP contribution in [0.15, 0.2) is 0 Å². The molecule has 0 bridgehead atoms. The van der Waals surface area contributed by atoms with Crippen LogP contribution in [0.25, 0.3) is 0 Å². The lowest BCUT2D eigenvalue weighted by Gasteiger charge is -2.18. The van der Waals surface area contributed by atoms with Gasteiger partial charge in [0.2, 0.25) is 10.0 Å². The summed E-state index contributed by atoms with van der Waals surface area (Å²) in [4.78, 5) is 2.14. The topological polar surface area (TPSA) is 61.4 Å². The summed E-state index contributed by atoms with van der Waals surface area (Å²) >= 11 is 0. The van der Waals surface area contributed by atoms with Gasteiger partial charge in [-0.15, -0.1) is 0 Å². The van der Waals surface area contributed by atoms with Crippen LogP contribution in [-0.4, -0.2) is 57.8 Å². The lowest BCUT2D eigenvalue weighted by molar-refractivity contribution is 0.406. The molecule has 0 spiro atoms. The summed E-state index contributed by atoms with van der Waals surface area (Å²) in [5, 5.41) is 2.68. The second kappa shape index (κ2) is 5.95. The third-order valence-corrected chi connectivity index (χ3v) is 4.82. The highest BCUT2D eigenvalue weighted by molar-refractivity contribution is 7.90. The van der Waals surface area contributed by atoms with Crippen molar-refractivity contribution in [3.05, 3.63) is 0 Å². The van der Waals surface area contributed by atoms with Gasteiger partial charge in [-0.1, -0.05) is 6.92 Å². The van der Waals surface area contributed by atoms with Gasteiger partial charge in [0, 0.05) is 19.1 Å². The third kappa shape index (κ3) is 4.01. The van der Waals surface area contributed by atoms with Gasteiger partial charge < -0.3 is 10.2 Å². The third-order valence-electron chi connectivity index (χ3n) is 2.93. The van der Waals surface area contributed by atoms with E-state index in [1.165, 1.54) is 0 Å². The van der Waals surface area contributed by atoms with E-state index < -0.39 is 10.0 Å². The standard InChI is InChI=1S/C10H23N3O2S/c1-4-11-7-9(2)16(14,15)12-10-5-6-13(3)8-10/h9-12H,4-8H2,1-3H3. The maximum atomic E-state index is 11.9. The van der Waals surface area contributed by atoms with Crippen molar-refractivity contribution in [1.29, 1.82) is 0 Å². The molecule has 2 N–H and O–H groups in total. The Morgan fingerprint density at radius 1 is 1.50 bits per heavy atom. The molecule has 6 heteroatoms. The average Bonchev–Trinajstić information content (AvgIpc) is 2.59. The summed E-state index contributed by atoms with van der Waals surface area (Å²) in [6.07, 6.45) is 0.906. The molecular weight excluding hydrogens is 226 g/mol. The van der Waals surface area contributed by atoms with E-state index >= 15 is 0 Å². The van der Waals surface area contributed by atoms with Crippen molar-refractivity contribution < 1.29 is 8.42 Å². The molecule has 1 saturated heterocycles. The molecule has 0 saturated carbocycles. The van der Waals surface area contributed by atoms with Gasteiger partial charge in [0.15, 0.2) is 0 Å². The van der Waals surface area contributed by atoms with Crippen molar-refractivity contribution in [3.8, 4) is 0 Å². The molecule has 1 aliphatic heterocycles. The van der Waals surface area contributed by atoms with Crippen LogP contribution in [-0.2, 0) is 10.0 Å². The monoisotopic (exact) mass is 249 g/mol. The second-order valence-electron chi connectivity index (χ2n) is 4.53. The first-order valence-corrected chi connectivity index (χ1v) is 7.40. The Kier molecular flexibility index (Phi) is 5.17. The minimum Gasteiger partial charge on any atom is -0.316 e. The van der Waals surface area contributed by atoms with Crippen LogP contribution in [0.5, 0.6) is 0 Å². The number of likely N-dealkylation sites (tertiary alicyclic amines) is 1. The van der Waals surface area contributed by atoms with E-state index in [4.69, 9.17) is 0 Å². The fraction of sp³-hybridized carbons (Fsp3) is 1.00. The molecule has 0 aromatic carbocycles. The van der Waals surface area contributed by atoms with Gasteiger partial charge >= 0.3 is 0 Å². The zero-order valence-corrected chi connectivity index (χ0v) is 11.2. The first-order chi connectivity index (χ1) is 7.45. The van der Waals surface area contributed by atoms with Crippen molar-refractivity contribution in [2.24, 2.45) is 0 Å². The first-order valence-electron chi connectivity index (χ1n) is 5.86. The van der Waals surface area contributed by atoms with Crippen LogP contribution in [0, 0.1) is 0 Å². The Balaban J connectivity index is 2.44. The van der Waals surface area contributed by atoms with E-state index in [0.29, 0.717) is 6.54 Å². The Bertz CT molecular complexity index is 305. The molecule has 1 rings (SSSR count). The van der Waals surface area contributed by atoms with Crippen molar-refractivity contribution in [1.82, 2.24) is 14.9 Å². The van der Waals surface area contributed by atoms with E-state index in [0.717, 1.165) is 26.1 Å². The van der Waals surface area contributed by atoms with Crippen LogP contribution < -0.4 is 10.0 Å². The van der Waals surface area contributed by atoms with Crippen molar-refractivity contribution in [2.45, 2.75) is 31.6 Å². The van der Waals surface area contributed by atoms with E-state index in [9.17, 15) is 8.42 Å². The smallest absolute Gasteiger partial charge is 0.215 e. The number of nitrogens with one attached hydrogen (secondary N) is 2. The second-order valence-corrected chi connectivity index (χ2v) is 6.66. The van der Waals surface area contributed by atoms with Crippen molar-refractivity contribution >= 4 is 10.0 Å². The van der Waals surface area contributed by atoms with Crippen LogP contribution in [0.2, 0.25) is 0 Å². The van der Waals surface area contributed by atoms with Crippen molar-refractivity contribution in [3.63, 3.8) is 0 Å². The molecule has 0 aromatic rings. The number of hydrogen-bond acceptors (Lipinski definition) is 4. The molecule has 1 aliphatic rings. The molecule has 2 atom stereocenters. The predicted octanol–water partition coefficient (Wildman–Crippen LogP) is -0.392. The Morgan fingerprint density at radius 2 is 2.19 bits per heavy atom. The number of hydrogen-bond donors (Lipinski definition) is 2. The Hall–Kier alpha value is -0.170. The van der Waals surface area contributed by atoms with Crippen LogP contribution in [0.1, 0.15) is 20.3 Å². The van der Waals surface area contributed by atoms with Gasteiger partial charge in [0.25, 0.3) is 0 Å². The summed E-state index contributed by atoms with van der Waals surface area (Å²) in [6.45, 7) is 6.80. The predicted molar refractivity (Wildman–Crippen MR) is 66.0 cm³/mol. The summed E-state index contributed by atoms with van der Waals surface area (Å²) in [5.74, 6) is 0. The molecule has 0 aliphatic carbocycles. The van der Waals surface area contributed by atoms with Crippen LogP contribution >= 0.6 is 0 Å². The van der Waals surface area contributed by atoms with E-state index in [-0.39, 0.29) is 11.3 Å². The fourth-order valence-corrected chi connectivity index (χ4v) is 3.06. The summed E-state index contributed by atoms with van der Waals surface area (Å²) < 4.78 is 26.6. The van der Waals surface area contributed by atoms with E-state index in [1.54, 1.807) is 6.92 Å².